The van der Waals surface area contributed by atoms with Crippen molar-refractivity contribution < 1.29 is 9.53 Å². The number of H-pyrrole nitrogens is 1. The molecule has 5 rings (SSSR count). The molecule has 0 aliphatic rings. The Bertz CT molecular complexity index is 1530. The number of para-hydroxylation sites is 1. The predicted molar refractivity (Wildman–Crippen MR) is 152 cm³/mol. The van der Waals surface area contributed by atoms with Crippen molar-refractivity contribution in [3.63, 3.8) is 0 Å². The van der Waals surface area contributed by atoms with E-state index in [0.717, 1.165) is 50.1 Å². The first kappa shape index (κ1) is 25.6. The minimum Gasteiger partial charge on any atom is -0.497 e. The maximum atomic E-state index is 13.5. The van der Waals surface area contributed by atoms with Gasteiger partial charge in [0.05, 0.1) is 19.6 Å². The van der Waals surface area contributed by atoms with Crippen molar-refractivity contribution in [2.75, 3.05) is 12.9 Å². The minimum absolute atomic E-state index is 0.0623. The van der Waals surface area contributed by atoms with Gasteiger partial charge in [0.15, 0.2) is 11.0 Å². The number of aromatic nitrogens is 4. The van der Waals surface area contributed by atoms with Crippen LogP contribution < -0.4 is 10.1 Å². The van der Waals surface area contributed by atoms with E-state index >= 15 is 0 Å². The summed E-state index contributed by atoms with van der Waals surface area (Å²) in [4.78, 5) is 16.9. The second-order valence-corrected chi connectivity index (χ2v) is 10.3. The number of methoxy groups -OCH3 is 1. The van der Waals surface area contributed by atoms with Crippen LogP contribution in [0.15, 0.2) is 84.0 Å². The molecule has 0 radical (unpaired) electrons. The summed E-state index contributed by atoms with van der Waals surface area (Å²) in [6.45, 7) is 4.10. The van der Waals surface area contributed by atoms with E-state index in [4.69, 9.17) is 4.74 Å². The molecule has 1 amide bonds. The van der Waals surface area contributed by atoms with Crippen LogP contribution in [-0.2, 0) is 17.6 Å². The lowest BCUT2D eigenvalue weighted by molar-refractivity contribution is -0.121. The van der Waals surface area contributed by atoms with Crippen LogP contribution in [0.4, 0.5) is 0 Å². The second-order valence-electron chi connectivity index (χ2n) is 9.07. The number of carbonyl (C=O) groups is 1. The molecule has 0 saturated carbocycles. The van der Waals surface area contributed by atoms with Gasteiger partial charge in [-0.15, -0.1) is 10.2 Å². The highest BCUT2D eigenvalue weighted by molar-refractivity contribution is 7.99. The van der Waals surface area contributed by atoms with Gasteiger partial charge in [-0.1, -0.05) is 67.2 Å². The predicted octanol–water partition coefficient (Wildman–Crippen LogP) is 5.82. The molecule has 38 heavy (non-hydrogen) atoms. The quantitative estimate of drug-likeness (QED) is 0.225. The molecule has 3 aromatic carbocycles. The summed E-state index contributed by atoms with van der Waals surface area (Å²) < 4.78 is 7.40. The van der Waals surface area contributed by atoms with Crippen LogP contribution in [0.3, 0.4) is 0 Å². The molecule has 0 aliphatic carbocycles. The number of nitrogens with one attached hydrogen (secondary N) is 2. The summed E-state index contributed by atoms with van der Waals surface area (Å²) in [5, 5.41) is 14.3. The number of ether oxygens (including phenoxy) is 1. The van der Waals surface area contributed by atoms with Gasteiger partial charge >= 0.3 is 0 Å². The van der Waals surface area contributed by atoms with Gasteiger partial charge in [-0.3, -0.25) is 9.36 Å². The first-order chi connectivity index (χ1) is 18.6. The Balaban J connectivity index is 1.51. The lowest BCUT2D eigenvalue weighted by Crippen LogP contribution is -2.33. The van der Waals surface area contributed by atoms with Crippen LogP contribution in [0.1, 0.15) is 35.6 Å². The maximum absolute atomic E-state index is 13.5. The largest absolute Gasteiger partial charge is 0.497 e. The van der Waals surface area contributed by atoms with E-state index in [1.165, 1.54) is 0 Å². The summed E-state index contributed by atoms with van der Waals surface area (Å²) >= 11 is 1.62. The zero-order valence-corrected chi connectivity index (χ0v) is 22.6. The van der Waals surface area contributed by atoms with Gasteiger partial charge in [-0.05, 0) is 60.6 Å². The lowest BCUT2D eigenvalue weighted by atomic mass is 10.0. The zero-order chi connectivity index (χ0) is 26.5. The smallest absolute Gasteiger partial charge is 0.225 e. The Labute approximate surface area is 226 Å². The van der Waals surface area contributed by atoms with Gasteiger partial charge in [-0.2, -0.15) is 0 Å². The van der Waals surface area contributed by atoms with Gasteiger partial charge in [0.1, 0.15) is 5.75 Å². The molecule has 1 atom stereocenters. The fourth-order valence-electron chi connectivity index (χ4n) is 4.73. The molecule has 0 bridgehead atoms. The average molecular weight is 526 g/mol. The fourth-order valence-corrected chi connectivity index (χ4v) is 5.41. The number of thioether (sulfide) groups is 1. The molecule has 0 aliphatic heterocycles. The number of rotatable bonds is 10. The van der Waals surface area contributed by atoms with Gasteiger partial charge in [0, 0.05) is 22.3 Å². The number of fused-ring (bicyclic) bond motifs is 1. The number of aromatic amines is 1. The first-order valence-electron chi connectivity index (χ1n) is 12.7. The molecular weight excluding hydrogens is 494 g/mol. The number of hydrogen-bond acceptors (Lipinski definition) is 5. The van der Waals surface area contributed by atoms with Crippen LogP contribution >= 0.6 is 11.8 Å². The molecular formula is C30H31N5O2S. The summed E-state index contributed by atoms with van der Waals surface area (Å²) in [5.74, 6) is 2.26. The van der Waals surface area contributed by atoms with Gasteiger partial charge in [0.25, 0.3) is 0 Å². The normalized spacial score (nSPS) is 12.0. The maximum Gasteiger partial charge on any atom is 0.225 e. The van der Waals surface area contributed by atoms with Crippen molar-refractivity contribution in [3.05, 3.63) is 102 Å². The highest BCUT2D eigenvalue weighted by Crippen LogP contribution is 2.29. The van der Waals surface area contributed by atoms with Crippen molar-refractivity contribution in [1.82, 2.24) is 25.1 Å². The number of aryl methyl sites for hydroxylation is 1. The van der Waals surface area contributed by atoms with Crippen LogP contribution in [0, 0.1) is 6.92 Å². The van der Waals surface area contributed by atoms with E-state index < -0.39 is 0 Å². The molecule has 7 nitrogen and oxygen atoms in total. The molecule has 0 spiro atoms. The average Bonchev–Trinajstić information content (AvgIpc) is 3.50. The van der Waals surface area contributed by atoms with E-state index in [1.54, 1.807) is 18.9 Å². The standard InChI is InChI=1S/C30H31N5O2S/c1-4-38-30-34-33-29(35(30)22-14-16-23(37-3)17-15-22)27(18-21-10-6-5-7-11-21)32-28(36)19-25-20(2)31-26-13-9-8-12-24(25)26/h5-17,27,31H,4,18-19H2,1-3H3,(H,32,36). The summed E-state index contributed by atoms with van der Waals surface area (Å²) in [6.07, 6.45) is 0.860. The van der Waals surface area contributed by atoms with E-state index in [2.05, 4.69) is 45.6 Å². The Morgan fingerprint density at radius 3 is 2.50 bits per heavy atom. The Morgan fingerprint density at radius 2 is 1.76 bits per heavy atom. The Morgan fingerprint density at radius 1 is 1.03 bits per heavy atom. The number of benzene rings is 3. The molecule has 2 heterocycles. The highest BCUT2D eigenvalue weighted by Gasteiger charge is 2.25. The van der Waals surface area contributed by atoms with Crippen molar-refractivity contribution in [2.45, 2.75) is 37.9 Å². The number of nitrogens with zero attached hydrogens (tertiary/aromatic N) is 3. The van der Waals surface area contributed by atoms with Crippen molar-refractivity contribution in [3.8, 4) is 11.4 Å². The van der Waals surface area contributed by atoms with Gasteiger partial charge in [0.2, 0.25) is 5.91 Å². The number of hydrogen-bond donors (Lipinski definition) is 2. The number of carbonyl (C=O) groups excluding carboxylic acids is 1. The molecule has 0 saturated heterocycles. The third-order valence-corrected chi connectivity index (χ3v) is 7.37. The molecule has 8 heteroatoms. The van der Waals surface area contributed by atoms with Crippen LogP contribution in [-0.4, -0.2) is 38.5 Å². The third kappa shape index (κ3) is 5.45. The molecule has 5 aromatic rings. The third-order valence-electron chi connectivity index (χ3n) is 6.56. The van der Waals surface area contributed by atoms with Gasteiger partial charge < -0.3 is 15.0 Å². The molecule has 194 valence electrons. The van der Waals surface area contributed by atoms with Gasteiger partial charge in [-0.25, -0.2) is 0 Å². The molecule has 2 N–H and O–H groups in total. The zero-order valence-electron chi connectivity index (χ0n) is 21.8. The van der Waals surface area contributed by atoms with Crippen molar-refractivity contribution in [2.24, 2.45) is 0 Å². The topological polar surface area (TPSA) is 84.8 Å². The fraction of sp³-hybridized carbons (Fsp3) is 0.233. The van der Waals surface area contributed by atoms with Crippen LogP contribution in [0.25, 0.3) is 16.6 Å². The van der Waals surface area contributed by atoms with E-state index in [1.807, 2.05) is 72.2 Å². The highest BCUT2D eigenvalue weighted by atomic mass is 32.2. The summed E-state index contributed by atoms with van der Waals surface area (Å²) in [5.41, 5.74) is 5.07. The Kier molecular flexibility index (Phi) is 7.79. The van der Waals surface area contributed by atoms with Crippen LogP contribution in [0.2, 0.25) is 0 Å². The summed E-state index contributed by atoms with van der Waals surface area (Å²) in [6, 6.07) is 25.7. The van der Waals surface area contributed by atoms with E-state index in [-0.39, 0.29) is 18.4 Å². The SMILES string of the molecule is CCSc1nnc(C(Cc2ccccc2)NC(=O)Cc2c(C)[nH]c3ccccc23)n1-c1ccc(OC)cc1. The summed E-state index contributed by atoms with van der Waals surface area (Å²) in [7, 11) is 1.65. The molecule has 0 fully saturated rings. The number of amides is 1. The lowest BCUT2D eigenvalue weighted by Gasteiger charge is -2.20. The molecule has 2 aromatic heterocycles. The van der Waals surface area contributed by atoms with Crippen LogP contribution in [0.5, 0.6) is 5.75 Å². The monoisotopic (exact) mass is 525 g/mol. The van der Waals surface area contributed by atoms with Crippen molar-refractivity contribution in [1.29, 1.82) is 0 Å². The first-order valence-corrected chi connectivity index (χ1v) is 13.7. The van der Waals surface area contributed by atoms with E-state index in [9.17, 15) is 4.79 Å². The van der Waals surface area contributed by atoms with Crippen molar-refractivity contribution >= 4 is 28.6 Å². The van der Waals surface area contributed by atoms with E-state index in [0.29, 0.717) is 12.2 Å². The molecule has 1 unspecified atom stereocenters. The second kappa shape index (κ2) is 11.6. The Hall–Kier alpha value is -4.04. The minimum atomic E-state index is -0.379.